The zero-order valence-corrected chi connectivity index (χ0v) is 25.5. The van der Waals surface area contributed by atoms with Gasteiger partial charge in [0.2, 0.25) is 6.29 Å². The predicted octanol–water partition coefficient (Wildman–Crippen LogP) is 9.62. The Balaban J connectivity index is 3.53. The molecule has 0 aliphatic heterocycles. The van der Waals surface area contributed by atoms with Gasteiger partial charge in [-0.05, 0) is 12.8 Å². The minimum Gasteiger partial charge on any atom is -0.433 e. The quantitative estimate of drug-likeness (QED) is 0.0538. The van der Waals surface area contributed by atoms with E-state index in [2.05, 4.69) is 13.8 Å². The molecule has 0 bridgehead atoms. The van der Waals surface area contributed by atoms with Crippen molar-refractivity contribution >= 4 is 11.8 Å². The van der Waals surface area contributed by atoms with Gasteiger partial charge in [0.05, 0.1) is 0 Å². The fraction of sp³-hybridized carbons (Fsp3) is 0.939. The molecule has 0 aromatic heterocycles. The predicted molar refractivity (Wildman–Crippen MR) is 159 cm³/mol. The Kier molecular flexibility index (Phi) is 29.8. The van der Waals surface area contributed by atoms with Crippen molar-refractivity contribution in [1.29, 1.82) is 0 Å². The Morgan fingerprint density at radius 1 is 0.526 bits per heavy atom. The van der Waals surface area contributed by atoms with Crippen LogP contribution >= 0.6 is 0 Å². The molecule has 1 N–H and O–H groups in total. The van der Waals surface area contributed by atoms with Crippen molar-refractivity contribution in [2.24, 2.45) is 0 Å². The Morgan fingerprint density at radius 3 is 1.24 bits per heavy atom. The molecule has 0 heterocycles. The second-order valence-electron chi connectivity index (χ2n) is 11.2. The molecule has 0 fully saturated rings. The highest BCUT2D eigenvalue weighted by molar-refractivity contribution is 5.79. The minimum absolute atomic E-state index is 0.00449. The fourth-order valence-electron chi connectivity index (χ4n) is 4.86. The zero-order valence-electron chi connectivity index (χ0n) is 25.5. The molecule has 0 radical (unpaired) electrons. The number of hydrogen-bond donors (Lipinski definition) is 1. The summed E-state index contributed by atoms with van der Waals surface area (Å²) in [5.74, 6) is -0.352. The van der Waals surface area contributed by atoms with Gasteiger partial charge in [-0.2, -0.15) is 0 Å². The maximum absolute atomic E-state index is 12.0. The number of ketones is 1. The van der Waals surface area contributed by atoms with Gasteiger partial charge >= 0.3 is 5.97 Å². The topological polar surface area (TPSA) is 72.8 Å². The van der Waals surface area contributed by atoms with Crippen LogP contribution in [0.4, 0.5) is 0 Å². The SMILES string of the molecule is CCCCCCCCCCCCCCCCCC(=O)O[C@@H](CO)OCC(=O)CCCCCCCCCCC. The monoisotopic (exact) mass is 540 g/mol. The first-order valence-corrected chi connectivity index (χ1v) is 16.6. The molecule has 5 nitrogen and oxygen atoms in total. The normalized spacial score (nSPS) is 12.1. The summed E-state index contributed by atoms with van der Waals surface area (Å²) in [6.45, 7) is 3.98. The van der Waals surface area contributed by atoms with Crippen molar-refractivity contribution in [3.05, 3.63) is 0 Å². The van der Waals surface area contributed by atoms with E-state index in [1.165, 1.54) is 122 Å². The lowest BCUT2D eigenvalue weighted by Crippen LogP contribution is -2.27. The lowest BCUT2D eigenvalue weighted by Gasteiger charge is -2.16. The molecule has 0 saturated carbocycles. The Labute approximate surface area is 236 Å². The van der Waals surface area contributed by atoms with Crippen molar-refractivity contribution in [3.63, 3.8) is 0 Å². The summed E-state index contributed by atoms with van der Waals surface area (Å²) in [6, 6.07) is 0. The first kappa shape index (κ1) is 37.1. The van der Waals surface area contributed by atoms with E-state index in [-0.39, 0.29) is 18.4 Å². The Bertz CT molecular complexity index is 508. The van der Waals surface area contributed by atoms with E-state index in [1.54, 1.807) is 0 Å². The van der Waals surface area contributed by atoms with E-state index in [9.17, 15) is 14.7 Å². The van der Waals surface area contributed by atoms with Crippen LogP contribution in [-0.2, 0) is 19.1 Å². The van der Waals surface area contributed by atoms with Gasteiger partial charge in [0.1, 0.15) is 13.2 Å². The van der Waals surface area contributed by atoms with Crippen molar-refractivity contribution in [2.75, 3.05) is 13.2 Å². The van der Waals surface area contributed by atoms with E-state index in [1.807, 2.05) is 0 Å². The molecule has 5 heteroatoms. The zero-order chi connectivity index (χ0) is 27.9. The summed E-state index contributed by atoms with van der Waals surface area (Å²) in [6.07, 6.45) is 30.0. The highest BCUT2D eigenvalue weighted by Crippen LogP contribution is 2.14. The molecule has 0 amide bonds. The third-order valence-electron chi connectivity index (χ3n) is 7.39. The maximum Gasteiger partial charge on any atom is 0.308 e. The number of ether oxygens (including phenoxy) is 2. The van der Waals surface area contributed by atoms with E-state index >= 15 is 0 Å². The molecule has 0 unspecified atom stereocenters. The van der Waals surface area contributed by atoms with Gasteiger partial charge < -0.3 is 14.6 Å². The second-order valence-corrected chi connectivity index (χ2v) is 11.2. The van der Waals surface area contributed by atoms with Crippen LogP contribution in [0.5, 0.6) is 0 Å². The molecule has 0 aromatic carbocycles. The van der Waals surface area contributed by atoms with Gasteiger partial charge in [0.15, 0.2) is 5.78 Å². The summed E-state index contributed by atoms with van der Waals surface area (Å²) in [5, 5.41) is 9.43. The smallest absolute Gasteiger partial charge is 0.308 e. The van der Waals surface area contributed by atoms with Crippen LogP contribution in [0.1, 0.15) is 181 Å². The molecule has 0 spiro atoms. The third-order valence-corrected chi connectivity index (χ3v) is 7.39. The van der Waals surface area contributed by atoms with Crippen LogP contribution < -0.4 is 0 Å². The number of aliphatic hydroxyl groups is 1. The highest BCUT2D eigenvalue weighted by atomic mass is 16.7. The molecule has 38 heavy (non-hydrogen) atoms. The van der Waals surface area contributed by atoms with Gasteiger partial charge in [-0.25, -0.2) is 0 Å². The summed E-state index contributed by atoms with van der Waals surface area (Å²) >= 11 is 0. The van der Waals surface area contributed by atoms with Crippen LogP contribution in [0, 0.1) is 0 Å². The van der Waals surface area contributed by atoms with Gasteiger partial charge in [-0.1, -0.05) is 155 Å². The standard InChI is InChI=1S/C33H64O5/c1-3-5-7-9-11-13-14-15-16-17-18-20-22-24-26-28-32(36)38-33(29-34)37-30-31(35)27-25-23-21-19-12-10-8-6-4-2/h33-34H,3-30H2,1-2H3/t33-/m0/s1. The minimum atomic E-state index is -1.04. The molecule has 1 atom stereocenters. The number of aliphatic hydroxyl groups excluding tert-OH is 1. The van der Waals surface area contributed by atoms with Crippen molar-refractivity contribution in [2.45, 2.75) is 187 Å². The average molecular weight is 541 g/mol. The molecule has 0 aromatic rings. The molecule has 0 aliphatic carbocycles. The van der Waals surface area contributed by atoms with E-state index in [0.29, 0.717) is 12.8 Å². The number of Topliss-reactive ketones (excluding diaryl/α,β-unsaturated/α-hetero) is 1. The van der Waals surface area contributed by atoms with Crippen LogP contribution in [0.2, 0.25) is 0 Å². The summed E-state index contributed by atoms with van der Waals surface area (Å²) < 4.78 is 10.5. The Morgan fingerprint density at radius 2 is 0.868 bits per heavy atom. The van der Waals surface area contributed by atoms with E-state index < -0.39 is 12.9 Å². The summed E-state index contributed by atoms with van der Waals surface area (Å²) in [4.78, 5) is 24.1. The highest BCUT2D eigenvalue weighted by Gasteiger charge is 2.15. The van der Waals surface area contributed by atoms with Crippen LogP contribution in [0.25, 0.3) is 0 Å². The number of esters is 1. The molecule has 0 aliphatic rings. The molecule has 226 valence electrons. The van der Waals surface area contributed by atoms with Gasteiger partial charge in [0, 0.05) is 12.8 Å². The lowest BCUT2D eigenvalue weighted by molar-refractivity contribution is -0.188. The van der Waals surface area contributed by atoms with Gasteiger partial charge in [-0.15, -0.1) is 0 Å². The maximum atomic E-state index is 12.0. The number of unbranched alkanes of at least 4 members (excludes halogenated alkanes) is 22. The van der Waals surface area contributed by atoms with Crippen molar-refractivity contribution in [3.8, 4) is 0 Å². The Hall–Kier alpha value is -0.940. The fourth-order valence-corrected chi connectivity index (χ4v) is 4.86. The number of carbonyl (C=O) groups excluding carboxylic acids is 2. The average Bonchev–Trinajstić information content (AvgIpc) is 2.92. The van der Waals surface area contributed by atoms with Crippen LogP contribution in [-0.4, -0.2) is 36.4 Å². The largest absolute Gasteiger partial charge is 0.433 e. The number of hydrogen-bond acceptors (Lipinski definition) is 5. The molecule has 0 saturated heterocycles. The molecule has 0 rings (SSSR count). The van der Waals surface area contributed by atoms with Gasteiger partial charge in [-0.3, -0.25) is 9.59 Å². The van der Waals surface area contributed by atoms with Crippen LogP contribution in [0.3, 0.4) is 0 Å². The summed E-state index contributed by atoms with van der Waals surface area (Å²) in [5.41, 5.74) is 0. The number of rotatable bonds is 31. The lowest BCUT2D eigenvalue weighted by atomic mass is 10.0. The van der Waals surface area contributed by atoms with E-state index in [0.717, 1.165) is 32.1 Å². The molecular weight excluding hydrogens is 476 g/mol. The van der Waals surface area contributed by atoms with E-state index in [4.69, 9.17) is 9.47 Å². The first-order chi connectivity index (χ1) is 18.6. The third kappa shape index (κ3) is 28.1. The van der Waals surface area contributed by atoms with Crippen LogP contribution in [0.15, 0.2) is 0 Å². The second kappa shape index (κ2) is 30.6. The first-order valence-electron chi connectivity index (χ1n) is 16.6. The van der Waals surface area contributed by atoms with Crippen molar-refractivity contribution in [1.82, 2.24) is 0 Å². The van der Waals surface area contributed by atoms with Gasteiger partial charge in [0.25, 0.3) is 0 Å². The summed E-state index contributed by atoms with van der Waals surface area (Å²) in [7, 11) is 0. The van der Waals surface area contributed by atoms with Crippen molar-refractivity contribution < 1.29 is 24.2 Å². The molecular formula is C33H64O5. The number of carbonyl (C=O) groups is 2.